The fourth-order valence-corrected chi connectivity index (χ4v) is 10.7. The molecule has 0 saturated heterocycles. The number of carboxylic acid groups (broad SMARTS) is 1. The smallest absolute Gasteiger partial charge is 0.335 e. The maximum absolute atomic E-state index is 13.4. The number of unbranched alkanes of at least 4 members (excludes halogenated alkanes) is 10. The number of carboxylic acids is 1. The van der Waals surface area contributed by atoms with Gasteiger partial charge < -0.3 is 10.0 Å². The third kappa shape index (κ3) is 6.86. The van der Waals surface area contributed by atoms with Crippen LogP contribution in [0.5, 0.6) is 0 Å². The Bertz CT molecular complexity index is 2160. The molecular weight excluding hydrogens is 691 g/mol. The highest BCUT2D eigenvalue weighted by atomic mass is 16.4. The van der Waals surface area contributed by atoms with Crippen molar-refractivity contribution in [2.24, 2.45) is 0 Å². The fourth-order valence-electron chi connectivity index (χ4n) is 10.7. The van der Waals surface area contributed by atoms with Crippen molar-refractivity contribution in [3.8, 4) is 11.1 Å². The molecule has 0 aromatic heterocycles. The normalized spacial score (nSPS) is 19.3. The second kappa shape index (κ2) is 16.4. The molecule has 2 unspecified atom stereocenters. The molecule has 56 heavy (non-hydrogen) atoms. The standard InChI is InChI=1S/C51H57NO4/c1-3-5-7-9-11-15-28-51(29-16-12-10-8-6-4-2)44-20-14-13-18-37(44)38-26-24-36(33-45(38)51)52-46-21-17-19-39(46)41-30-34(22-27-47(41)52)31-43-48(53)40-25-23-35(50(55)56)32-42(40)49(43)54/h13-14,18,20,22-27,30-33,39,46H,3-12,15-17,19,21,28-29H2,1-2H3,(H,55,56)/b43-31-. The van der Waals surface area contributed by atoms with E-state index in [9.17, 15) is 19.5 Å². The molecule has 0 spiro atoms. The van der Waals surface area contributed by atoms with Crippen molar-refractivity contribution in [1.29, 1.82) is 0 Å². The predicted molar refractivity (Wildman–Crippen MR) is 228 cm³/mol. The Morgan fingerprint density at radius 3 is 2.09 bits per heavy atom. The first kappa shape index (κ1) is 38.1. The Hall–Kier alpha value is -4.77. The topological polar surface area (TPSA) is 74.7 Å². The van der Waals surface area contributed by atoms with Gasteiger partial charge in [0.05, 0.1) is 11.1 Å². The van der Waals surface area contributed by atoms with Gasteiger partial charge in [0.2, 0.25) is 0 Å². The van der Waals surface area contributed by atoms with Crippen LogP contribution in [-0.4, -0.2) is 28.7 Å². The number of carbonyl (C=O) groups is 3. The number of nitrogens with zero attached hydrogens (tertiary/aromatic N) is 1. The second-order valence-electron chi connectivity index (χ2n) is 17.0. The Labute approximate surface area is 333 Å². The van der Waals surface area contributed by atoms with Crippen molar-refractivity contribution >= 4 is 35.0 Å². The van der Waals surface area contributed by atoms with E-state index in [2.05, 4.69) is 73.3 Å². The molecule has 1 heterocycles. The highest BCUT2D eigenvalue weighted by Gasteiger charge is 2.45. The summed E-state index contributed by atoms with van der Waals surface area (Å²) in [5.41, 5.74) is 11.1. The highest BCUT2D eigenvalue weighted by Crippen LogP contribution is 2.57. The molecule has 1 aliphatic heterocycles. The molecule has 4 aliphatic rings. The molecule has 1 N–H and O–H groups in total. The second-order valence-corrected chi connectivity index (χ2v) is 17.0. The molecular formula is C51H57NO4. The van der Waals surface area contributed by atoms with Gasteiger partial charge in [0.1, 0.15) is 0 Å². The van der Waals surface area contributed by atoms with Gasteiger partial charge in [0.15, 0.2) is 11.6 Å². The number of fused-ring (bicyclic) bond motifs is 7. The molecule has 5 heteroatoms. The molecule has 1 fully saturated rings. The number of anilines is 2. The number of hydrogen-bond acceptors (Lipinski definition) is 4. The fraction of sp³-hybridized carbons (Fsp3) is 0.431. The largest absolute Gasteiger partial charge is 0.478 e. The first-order chi connectivity index (χ1) is 27.4. The summed E-state index contributed by atoms with van der Waals surface area (Å²) >= 11 is 0. The van der Waals surface area contributed by atoms with Gasteiger partial charge in [0.25, 0.3) is 0 Å². The van der Waals surface area contributed by atoms with Crippen LogP contribution in [-0.2, 0) is 5.41 Å². The summed E-state index contributed by atoms with van der Waals surface area (Å²) in [6, 6.07) is 27.6. The molecule has 0 amide bonds. The van der Waals surface area contributed by atoms with Crippen molar-refractivity contribution < 1.29 is 19.5 Å². The Kier molecular flexibility index (Phi) is 11.1. The lowest BCUT2D eigenvalue weighted by molar-refractivity contribution is 0.0696. The van der Waals surface area contributed by atoms with E-state index >= 15 is 0 Å². The molecule has 8 rings (SSSR count). The summed E-state index contributed by atoms with van der Waals surface area (Å²) < 4.78 is 0. The van der Waals surface area contributed by atoms with E-state index in [1.54, 1.807) is 6.08 Å². The molecule has 3 aliphatic carbocycles. The molecule has 290 valence electrons. The van der Waals surface area contributed by atoms with Crippen LogP contribution in [0.15, 0.2) is 84.4 Å². The van der Waals surface area contributed by atoms with E-state index in [0.717, 1.165) is 18.4 Å². The van der Waals surface area contributed by atoms with Gasteiger partial charge in [-0.2, -0.15) is 0 Å². The van der Waals surface area contributed by atoms with Crippen molar-refractivity contribution in [3.63, 3.8) is 0 Å². The summed E-state index contributed by atoms with van der Waals surface area (Å²) in [5, 5.41) is 9.47. The third-order valence-corrected chi connectivity index (χ3v) is 13.5. The van der Waals surface area contributed by atoms with Crippen LogP contribution in [0.25, 0.3) is 17.2 Å². The lowest BCUT2D eigenvalue weighted by Crippen LogP contribution is -2.28. The summed E-state index contributed by atoms with van der Waals surface area (Å²) in [5.74, 6) is -1.48. The van der Waals surface area contributed by atoms with Gasteiger partial charge in [0, 0.05) is 39.9 Å². The van der Waals surface area contributed by atoms with Gasteiger partial charge in [-0.25, -0.2) is 4.79 Å². The van der Waals surface area contributed by atoms with Gasteiger partial charge in [-0.1, -0.05) is 134 Å². The van der Waals surface area contributed by atoms with Crippen molar-refractivity contribution in [1.82, 2.24) is 0 Å². The Balaban J connectivity index is 1.13. The van der Waals surface area contributed by atoms with Gasteiger partial charge in [-0.05, 0) is 108 Å². The SMILES string of the molecule is CCCCCCCCC1(CCCCCCCC)c2ccccc2-c2ccc(N3c4ccc(/C=C5/C(=O)c6ccc(C(=O)O)cc6C5=O)cc4C4CCCC43)cc21. The average molecular weight is 748 g/mol. The molecule has 2 atom stereocenters. The van der Waals surface area contributed by atoms with Gasteiger partial charge >= 0.3 is 5.97 Å². The molecule has 4 aromatic carbocycles. The van der Waals surface area contributed by atoms with E-state index in [-0.39, 0.29) is 33.5 Å². The quantitative estimate of drug-likeness (QED) is 0.0661. The molecule has 0 bridgehead atoms. The molecule has 1 saturated carbocycles. The van der Waals surface area contributed by atoms with Gasteiger partial charge in [-0.3, -0.25) is 9.59 Å². The van der Waals surface area contributed by atoms with Crippen molar-refractivity contribution in [2.45, 2.75) is 140 Å². The van der Waals surface area contributed by atoms with E-state index < -0.39 is 11.8 Å². The van der Waals surface area contributed by atoms with Crippen LogP contribution in [0.3, 0.4) is 0 Å². The van der Waals surface area contributed by atoms with Crippen LogP contribution >= 0.6 is 0 Å². The number of rotatable bonds is 17. The maximum atomic E-state index is 13.4. The number of ketones is 2. The van der Waals surface area contributed by atoms with Crippen molar-refractivity contribution in [2.75, 3.05) is 4.90 Å². The predicted octanol–water partition coefficient (Wildman–Crippen LogP) is 13.4. The lowest BCUT2D eigenvalue weighted by Gasteiger charge is -2.34. The van der Waals surface area contributed by atoms with Gasteiger partial charge in [-0.15, -0.1) is 0 Å². The summed E-state index contributed by atoms with van der Waals surface area (Å²) in [6.07, 6.45) is 23.1. The van der Waals surface area contributed by atoms with Crippen LogP contribution in [0, 0.1) is 0 Å². The minimum Gasteiger partial charge on any atom is -0.478 e. The maximum Gasteiger partial charge on any atom is 0.335 e. The van der Waals surface area contributed by atoms with Crippen molar-refractivity contribution in [3.05, 3.63) is 123 Å². The first-order valence-electron chi connectivity index (χ1n) is 21.7. The zero-order chi connectivity index (χ0) is 38.8. The van der Waals surface area contributed by atoms with E-state index in [1.807, 2.05) is 6.07 Å². The van der Waals surface area contributed by atoms with E-state index in [0.29, 0.717) is 12.0 Å². The number of carbonyl (C=O) groups excluding carboxylic acids is 2. The number of benzene rings is 4. The summed E-state index contributed by atoms with van der Waals surface area (Å²) in [4.78, 5) is 41.0. The summed E-state index contributed by atoms with van der Waals surface area (Å²) in [6.45, 7) is 4.59. The number of allylic oxidation sites excluding steroid dienone is 1. The molecule has 4 aromatic rings. The minimum absolute atomic E-state index is 0.00791. The van der Waals surface area contributed by atoms with Crippen LogP contribution in [0.2, 0.25) is 0 Å². The zero-order valence-electron chi connectivity index (χ0n) is 33.4. The van der Waals surface area contributed by atoms with E-state index in [4.69, 9.17) is 0 Å². The van der Waals surface area contributed by atoms with E-state index in [1.165, 1.54) is 154 Å². The number of Topliss-reactive ketones (excluding diaryl/α,β-unsaturated/α-hetero) is 2. The molecule has 0 radical (unpaired) electrons. The number of hydrogen-bond donors (Lipinski definition) is 1. The number of aromatic carboxylic acids is 1. The Morgan fingerprint density at radius 2 is 1.36 bits per heavy atom. The zero-order valence-corrected chi connectivity index (χ0v) is 33.4. The minimum atomic E-state index is -1.12. The van der Waals surface area contributed by atoms with Crippen LogP contribution in [0.4, 0.5) is 11.4 Å². The first-order valence-corrected chi connectivity index (χ1v) is 21.7. The monoisotopic (exact) mass is 747 g/mol. The molecule has 5 nitrogen and oxygen atoms in total. The average Bonchev–Trinajstić information content (AvgIpc) is 3.94. The lowest BCUT2D eigenvalue weighted by atomic mass is 9.70. The van der Waals surface area contributed by atoms with Crippen LogP contribution in [0.1, 0.15) is 182 Å². The van der Waals surface area contributed by atoms with Crippen LogP contribution < -0.4 is 4.90 Å². The highest BCUT2D eigenvalue weighted by molar-refractivity contribution is 6.41. The third-order valence-electron chi connectivity index (χ3n) is 13.5. The summed E-state index contributed by atoms with van der Waals surface area (Å²) in [7, 11) is 0. The Morgan fingerprint density at radius 1 is 0.696 bits per heavy atom.